The van der Waals surface area contributed by atoms with E-state index in [0.29, 0.717) is 11.4 Å². The average Bonchev–Trinajstić information content (AvgIpc) is 2.94. The molecule has 0 aliphatic heterocycles. The Balaban J connectivity index is 2.17. The van der Waals surface area contributed by atoms with Crippen LogP contribution in [0.25, 0.3) is 28.1 Å². The van der Waals surface area contributed by atoms with Gasteiger partial charge < -0.3 is 0 Å². The SMILES string of the molecule is Cc1cccc(F)c1-c1nc2ccccc2n1-c1c(C)cccc1C. The van der Waals surface area contributed by atoms with Crippen molar-refractivity contribution in [3.63, 3.8) is 0 Å². The van der Waals surface area contributed by atoms with Gasteiger partial charge in [0.15, 0.2) is 0 Å². The quantitative estimate of drug-likeness (QED) is 0.457. The van der Waals surface area contributed by atoms with E-state index in [2.05, 4.69) is 30.5 Å². The molecule has 0 saturated carbocycles. The van der Waals surface area contributed by atoms with Crippen molar-refractivity contribution in [1.29, 1.82) is 0 Å². The smallest absolute Gasteiger partial charge is 0.148 e. The first kappa shape index (κ1) is 15.6. The third-order valence-electron chi connectivity index (χ3n) is 4.67. The van der Waals surface area contributed by atoms with Crippen molar-refractivity contribution in [1.82, 2.24) is 9.55 Å². The zero-order chi connectivity index (χ0) is 17.6. The molecule has 0 bridgehead atoms. The number of halogens is 1. The Morgan fingerprint density at radius 3 is 2.12 bits per heavy atom. The summed E-state index contributed by atoms with van der Waals surface area (Å²) in [6.45, 7) is 6.08. The normalized spacial score (nSPS) is 11.2. The van der Waals surface area contributed by atoms with Crippen molar-refractivity contribution in [2.24, 2.45) is 0 Å². The zero-order valence-corrected chi connectivity index (χ0v) is 14.5. The summed E-state index contributed by atoms with van der Waals surface area (Å²) >= 11 is 0. The van der Waals surface area contributed by atoms with Crippen LogP contribution < -0.4 is 0 Å². The van der Waals surface area contributed by atoms with E-state index in [1.807, 2.05) is 43.3 Å². The standard InChI is InChI=1S/C22H19FN2/c1-14-8-7-11-17(23)20(14)22-24-18-12-4-5-13-19(18)25(22)21-15(2)9-6-10-16(21)3/h4-13H,1-3H3. The van der Waals surface area contributed by atoms with Crippen molar-refractivity contribution < 1.29 is 4.39 Å². The first-order valence-corrected chi connectivity index (χ1v) is 8.37. The summed E-state index contributed by atoms with van der Waals surface area (Å²) in [5.74, 6) is 0.400. The molecule has 3 aromatic carbocycles. The molecule has 0 atom stereocenters. The van der Waals surface area contributed by atoms with Crippen LogP contribution in [0, 0.1) is 26.6 Å². The van der Waals surface area contributed by atoms with E-state index >= 15 is 0 Å². The molecule has 0 aliphatic rings. The summed E-state index contributed by atoms with van der Waals surface area (Å²) in [6, 6.07) is 19.3. The fourth-order valence-corrected chi connectivity index (χ4v) is 3.49. The number of aromatic nitrogens is 2. The zero-order valence-electron chi connectivity index (χ0n) is 14.5. The van der Waals surface area contributed by atoms with E-state index < -0.39 is 0 Å². The molecule has 1 aromatic heterocycles. The van der Waals surface area contributed by atoms with Gasteiger partial charge in [-0.2, -0.15) is 0 Å². The van der Waals surface area contributed by atoms with Crippen molar-refractivity contribution >= 4 is 11.0 Å². The topological polar surface area (TPSA) is 17.8 Å². The lowest BCUT2D eigenvalue weighted by Gasteiger charge is -2.16. The summed E-state index contributed by atoms with van der Waals surface area (Å²) in [7, 11) is 0. The summed E-state index contributed by atoms with van der Waals surface area (Å²) in [6.07, 6.45) is 0. The minimum Gasteiger partial charge on any atom is -0.292 e. The van der Waals surface area contributed by atoms with Crippen LogP contribution in [-0.2, 0) is 0 Å². The van der Waals surface area contributed by atoms with Crippen molar-refractivity contribution in [3.05, 3.63) is 83.2 Å². The van der Waals surface area contributed by atoms with Gasteiger partial charge in [-0.25, -0.2) is 9.37 Å². The number of para-hydroxylation sites is 3. The van der Waals surface area contributed by atoms with E-state index in [4.69, 9.17) is 4.98 Å². The second-order valence-electron chi connectivity index (χ2n) is 6.43. The van der Waals surface area contributed by atoms with Crippen molar-refractivity contribution in [3.8, 4) is 17.1 Å². The van der Waals surface area contributed by atoms with Crippen LogP contribution in [-0.4, -0.2) is 9.55 Å². The highest BCUT2D eigenvalue weighted by Crippen LogP contribution is 2.34. The molecule has 124 valence electrons. The summed E-state index contributed by atoms with van der Waals surface area (Å²) in [5, 5.41) is 0. The van der Waals surface area contributed by atoms with Gasteiger partial charge in [0.1, 0.15) is 11.6 Å². The molecule has 0 amide bonds. The molecular formula is C22H19FN2. The van der Waals surface area contributed by atoms with Crippen LogP contribution in [0.3, 0.4) is 0 Å². The maximum Gasteiger partial charge on any atom is 0.148 e. The summed E-state index contributed by atoms with van der Waals surface area (Å²) < 4.78 is 16.8. The van der Waals surface area contributed by atoms with Gasteiger partial charge >= 0.3 is 0 Å². The molecule has 25 heavy (non-hydrogen) atoms. The van der Waals surface area contributed by atoms with E-state index in [1.165, 1.54) is 6.07 Å². The molecular weight excluding hydrogens is 311 g/mol. The number of aryl methyl sites for hydroxylation is 3. The molecule has 1 heterocycles. The molecule has 0 spiro atoms. The van der Waals surface area contributed by atoms with Gasteiger partial charge in [-0.3, -0.25) is 4.57 Å². The minimum absolute atomic E-state index is 0.247. The van der Waals surface area contributed by atoms with E-state index in [1.54, 1.807) is 6.07 Å². The Morgan fingerprint density at radius 2 is 1.40 bits per heavy atom. The van der Waals surface area contributed by atoms with Gasteiger partial charge in [-0.1, -0.05) is 42.5 Å². The molecule has 0 fully saturated rings. The van der Waals surface area contributed by atoms with Gasteiger partial charge in [0.2, 0.25) is 0 Å². The van der Waals surface area contributed by atoms with Gasteiger partial charge in [0, 0.05) is 0 Å². The van der Waals surface area contributed by atoms with E-state index in [0.717, 1.165) is 33.4 Å². The van der Waals surface area contributed by atoms with Crippen LogP contribution in [0.5, 0.6) is 0 Å². The Hall–Kier alpha value is -2.94. The van der Waals surface area contributed by atoms with Gasteiger partial charge in [-0.05, 0) is 55.7 Å². The molecule has 0 saturated heterocycles. The predicted molar refractivity (Wildman–Crippen MR) is 101 cm³/mol. The summed E-state index contributed by atoms with van der Waals surface area (Å²) in [5.41, 5.74) is 6.62. The number of imidazole rings is 1. The predicted octanol–water partition coefficient (Wildman–Crippen LogP) is 5.76. The third kappa shape index (κ3) is 2.43. The summed E-state index contributed by atoms with van der Waals surface area (Å²) in [4.78, 5) is 4.79. The fraction of sp³-hybridized carbons (Fsp3) is 0.136. The molecule has 0 unspecified atom stereocenters. The number of nitrogens with zero attached hydrogens (tertiary/aromatic N) is 2. The van der Waals surface area contributed by atoms with Crippen LogP contribution in [0.4, 0.5) is 4.39 Å². The van der Waals surface area contributed by atoms with Gasteiger partial charge in [0.25, 0.3) is 0 Å². The molecule has 2 nitrogen and oxygen atoms in total. The third-order valence-corrected chi connectivity index (χ3v) is 4.67. The molecule has 0 N–H and O–H groups in total. The lowest BCUT2D eigenvalue weighted by atomic mass is 10.1. The molecule has 4 aromatic rings. The minimum atomic E-state index is -0.247. The number of hydrogen-bond acceptors (Lipinski definition) is 1. The van der Waals surface area contributed by atoms with Crippen LogP contribution >= 0.6 is 0 Å². The van der Waals surface area contributed by atoms with Crippen molar-refractivity contribution in [2.75, 3.05) is 0 Å². The second kappa shape index (κ2) is 5.85. The molecule has 0 aliphatic carbocycles. The fourth-order valence-electron chi connectivity index (χ4n) is 3.49. The number of fused-ring (bicyclic) bond motifs is 1. The van der Waals surface area contributed by atoms with E-state index in [9.17, 15) is 4.39 Å². The lowest BCUT2D eigenvalue weighted by Crippen LogP contribution is -2.04. The van der Waals surface area contributed by atoms with Crippen molar-refractivity contribution in [2.45, 2.75) is 20.8 Å². The lowest BCUT2D eigenvalue weighted by molar-refractivity contribution is 0.628. The maximum absolute atomic E-state index is 14.7. The molecule has 0 radical (unpaired) electrons. The number of benzene rings is 3. The first-order valence-electron chi connectivity index (χ1n) is 8.37. The first-order chi connectivity index (χ1) is 12.1. The molecule has 3 heteroatoms. The van der Waals surface area contributed by atoms with Gasteiger partial charge in [0.05, 0.1) is 22.3 Å². The van der Waals surface area contributed by atoms with Crippen LogP contribution in [0.15, 0.2) is 60.7 Å². The highest BCUT2D eigenvalue weighted by atomic mass is 19.1. The highest BCUT2D eigenvalue weighted by Gasteiger charge is 2.20. The molecule has 4 rings (SSSR count). The van der Waals surface area contributed by atoms with Crippen LogP contribution in [0.2, 0.25) is 0 Å². The maximum atomic E-state index is 14.7. The Morgan fingerprint density at radius 1 is 0.760 bits per heavy atom. The number of rotatable bonds is 2. The Labute approximate surface area is 146 Å². The largest absolute Gasteiger partial charge is 0.292 e. The Kier molecular flexibility index (Phi) is 3.65. The van der Waals surface area contributed by atoms with Crippen LogP contribution in [0.1, 0.15) is 16.7 Å². The number of hydrogen-bond donors (Lipinski definition) is 0. The van der Waals surface area contributed by atoms with E-state index in [-0.39, 0.29) is 5.82 Å². The monoisotopic (exact) mass is 330 g/mol. The Bertz CT molecular complexity index is 1050. The highest BCUT2D eigenvalue weighted by molar-refractivity contribution is 5.84. The second-order valence-corrected chi connectivity index (χ2v) is 6.43. The van der Waals surface area contributed by atoms with Gasteiger partial charge in [-0.15, -0.1) is 0 Å². The average molecular weight is 330 g/mol.